The van der Waals surface area contributed by atoms with Gasteiger partial charge < -0.3 is 18.9 Å². The summed E-state index contributed by atoms with van der Waals surface area (Å²) in [6.45, 7) is 3.55. The molecule has 1 aliphatic rings. The molecular formula is C24H23Cl2N3O7S2. The Kier molecular flexibility index (Phi) is 9.32. The van der Waals surface area contributed by atoms with Gasteiger partial charge in [-0.1, -0.05) is 40.2 Å². The first kappa shape index (κ1) is 28.4. The van der Waals surface area contributed by atoms with Gasteiger partial charge in [-0.2, -0.15) is 11.3 Å². The maximum atomic E-state index is 12.3. The minimum Gasteiger partial charge on any atom is -0.463 e. The molecule has 0 bridgehead atoms. The van der Waals surface area contributed by atoms with Crippen LogP contribution in [-0.2, 0) is 33.3 Å². The van der Waals surface area contributed by atoms with Crippen LogP contribution in [0.4, 0.5) is 0 Å². The molecule has 1 aromatic carbocycles. The summed E-state index contributed by atoms with van der Waals surface area (Å²) in [6, 6.07) is 6.04. The minimum atomic E-state index is -1.04. The fourth-order valence-electron chi connectivity index (χ4n) is 3.93. The van der Waals surface area contributed by atoms with E-state index in [1.54, 1.807) is 24.4 Å². The molecule has 0 unspecified atom stereocenters. The molecule has 2 aromatic heterocycles. The van der Waals surface area contributed by atoms with Crippen LogP contribution in [0.1, 0.15) is 26.8 Å². The molecule has 0 saturated carbocycles. The van der Waals surface area contributed by atoms with Crippen LogP contribution in [0, 0.1) is 0 Å². The highest BCUT2D eigenvalue weighted by Gasteiger charge is 2.52. The number of hydrogen-bond donors (Lipinski definition) is 0. The van der Waals surface area contributed by atoms with Gasteiger partial charge in [0.2, 0.25) is 0 Å². The van der Waals surface area contributed by atoms with E-state index in [0.717, 1.165) is 5.56 Å². The van der Waals surface area contributed by atoms with Gasteiger partial charge in [0, 0.05) is 36.6 Å². The molecule has 10 nitrogen and oxygen atoms in total. The number of carbonyl (C=O) groups excluding carboxylic acids is 3. The van der Waals surface area contributed by atoms with Gasteiger partial charge in [-0.05, 0) is 29.6 Å². The molecule has 0 radical (unpaired) electrons. The zero-order valence-corrected chi connectivity index (χ0v) is 23.6. The third-order valence-corrected chi connectivity index (χ3v) is 8.01. The quantitative estimate of drug-likeness (QED) is 0.264. The van der Waals surface area contributed by atoms with Gasteiger partial charge >= 0.3 is 17.9 Å². The van der Waals surface area contributed by atoms with E-state index in [4.69, 9.17) is 42.1 Å². The second-order valence-corrected chi connectivity index (χ2v) is 11.0. The molecule has 0 aliphatic carbocycles. The highest BCUT2D eigenvalue weighted by molar-refractivity contribution is 7.99. The highest BCUT2D eigenvalue weighted by Crippen LogP contribution is 2.42. The first-order valence-electron chi connectivity index (χ1n) is 11.3. The fourth-order valence-corrected chi connectivity index (χ4v) is 6.09. The summed E-state index contributed by atoms with van der Waals surface area (Å²) in [5.41, 5.74) is 0.577. The smallest absolute Gasteiger partial charge is 0.303 e. The van der Waals surface area contributed by atoms with Crippen LogP contribution in [0.15, 0.2) is 46.1 Å². The van der Waals surface area contributed by atoms with Crippen LogP contribution in [0.5, 0.6) is 0 Å². The molecule has 202 valence electrons. The Labute approximate surface area is 236 Å². The second-order valence-electron chi connectivity index (χ2n) is 8.27. The molecule has 5 atom stereocenters. The standard InChI is InChI=1S/C24H23Cl2N3O7S2/c1-12(30)33-10-20-22(34-13(2)31)21(29-9-19(27-28-29)15-6-7-37-11-15)23(35-14(3)32)24(36-20)38-16-4-5-17(25)18(26)8-16/h4-9,11,20-24H,10H2,1-3H3/t20-,21+,22+,23-,24-/m1/s1. The van der Waals surface area contributed by atoms with Crippen LogP contribution in [-0.4, -0.2) is 63.3 Å². The zero-order valence-electron chi connectivity index (χ0n) is 20.4. The molecule has 4 rings (SSSR count). The van der Waals surface area contributed by atoms with E-state index >= 15 is 0 Å². The first-order valence-corrected chi connectivity index (χ1v) is 13.9. The van der Waals surface area contributed by atoms with E-state index in [9.17, 15) is 14.4 Å². The normalized spacial score (nSPS) is 23.0. The largest absolute Gasteiger partial charge is 0.463 e. The Morgan fingerprint density at radius 1 is 1.05 bits per heavy atom. The van der Waals surface area contributed by atoms with Crippen molar-refractivity contribution in [2.24, 2.45) is 0 Å². The van der Waals surface area contributed by atoms with Crippen molar-refractivity contribution in [3.8, 4) is 11.3 Å². The van der Waals surface area contributed by atoms with Gasteiger partial charge in [0.15, 0.2) is 12.2 Å². The third-order valence-electron chi connectivity index (χ3n) is 5.45. The van der Waals surface area contributed by atoms with Crippen molar-refractivity contribution in [3.63, 3.8) is 0 Å². The average Bonchev–Trinajstić information content (AvgIpc) is 3.54. The number of carbonyl (C=O) groups is 3. The molecule has 1 aliphatic heterocycles. The summed E-state index contributed by atoms with van der Waals surface area (Å²) >= 11 is 15.0. The lowest BCUT2D eigenvalue weighted by Crippen LogP contribution is -2.57. The molecule has 38 heavy (non-hydrogen) atoms. The number of thiophene rings is 1. The summed E-state index contributed by atoms with van der Waals surface area (Å²) in [6.07, 6.45) is -1.29. The lowest BCUT2D eigenvalue weighted by Gasteiger charge is -2.44. The number of ether oxygens (including phenoxy) is 4. The Hall–Kier alpha value is -2.64. The maximum absolute atomic E-state index is 12.3. The number of halogens is 2. The lowest BCUT2D eigenvalue weighted by molar-refractivity contribution is -0.212. The molecule has 0 N–H and O–H groups in total. The van der Waals surface area contributed by atoms with E-state index in [0.29, 0.717) is 20.6 Å². The van der Waals surface area contributed by atoms with Crippen LogP contribution in [0.3, 0.4) is 0 Å². The SMILES string of the molecule is CC(=O)OC[C@H]1O[C@H](Sc2ccc(Cl)c(Cl)c2)[C@H](OC(C)=O)[C@@H](n2cc(-c3ccsc3)nn2)[C@H]1OC(C)=O. The highest BCUT2D eigenvalue weighted by atomic mass is 35.5. The molecular weight excluding hydrogens is 577 g/mol. The van der Waals surface area contributed by atoms with Crippen molar-refractivity contribution in [3.05, 3.63) is 51.3 Å². The number of thioether (sulfide) groups is 1. The van der Waals surface area contributed by atoms with E-state index in [1.165, 1.54) is 48.6 Å². The van der Waals surface area contributed by atoms with E-state index in [2.05, 4.69) is 10.3 Å². The fraction of sp³-hybridized carbons (Fsp3) is 0.375. The summed E-state index contributed by atoms with van der Waals surface area (Å²) < 4.78 is 24.4. The summed E-state index contributed by atoms with van der Waals surface area (Å²) in [4.78, 5) is 36.7. The Morgan fingerprint density at radius 2 is 1.79 bits per heavy atom. The van der Waals surface area contributed by atoms with Crippen molar-refractivity contribution in [1.82, 2.24) is 15.0 Å². The topological polar surface area (TPSA) is 119 Å². The summed E-state index contributed by atoms with van der Waals surface area (Å²) in [5.74, 6) is -1.73. The monoisotopic (exact) mass is 599 g/mol. The summed E-state index contributed by atoms with van der Waals surface area (Å²) in [7, 11) is 0. The number of nitrogens with zero attached hydrogens (tertiary/aromatic N) is 3. The van der Waals surface area contributed by atoms with Gasteiger partial charge in [0.05, 0.1) is 16.2 Å². The van der Waals surface area contributed by atoms with Gasteiger partial charge in [0.25, 0.3) is 0 Å². The molecule has 1 saturated heterocycles. The lowest BCUT2D eigenvalue weighted by atomic mass is 9.96. The maximum Gasteiger partial charge on any atom is 0.303 e. The van der Waals surface area contributed by atoms with Gasteiger partial charge in [-0.25, -0.2) is 4.68 Å². The number of esters is 3. The molecule has 3 heterocycles. The molecule has 0 spiro atoms. The minimum absolute atomic E-state index is 0.221. The van der Waals surface area contributed by atoms with Crippen molar-refractivity contribution in [2.75, 3.05) is 6.61 Å². The molecule has 14 heteroatoms. The second kappa shape index (κ2) is 12.5. The summed E-state index contributed by atoms with van der Waals surface area (Å²) in [5, 5.41) is 13.1. The Morgan fingerprint density at radius 3 is 2.42 bits per heavy atom. The van der Waals surface area contributed by atoms with Crippen LogP contribution >= 0.6 is 46.3 Å². The molecule has 3 aromatic rings. The zero-order chi connectivity index (χ0) is 27.4. The number of benzene rings is 1. The van der Waals surface area contributed by atoms with Crippen LogP contribution < -0.4 is 0 Å². The third kappa shape index (κ3) is 6.86. The van der Waals surface area contributed by atoms with Crippen molar-refractivity contribution < 1.29 is 33.3 Å². The van der Waals surface area contributed by atoms with Gasteiger partial charge in [0.1, 0.15) is 29.9 Å². The van der Waals surface area contributed by atoms with Crippen molar-refractivity contribution in [2.45, 2.75) is 55.5 Å². The molecule has 1 fully saturated rings. The predicted octanol–water partition coefficient (Wildman–Crippen LogP) is 4.80. The van der Waals surface area contributed by atoms with E-state index in [1.807, 2.05) is 16.8 Å². The Balaban J connectivity index is 1.78. The van der Waals surface area contributed by atoms with Crippen molar-refractivity contribution >= 4 is 64.2 Å². The van der Waals surface area contributed by atoms with E-state index in [-0.39, 0.29) is 6.61 Å². The van der Waals surface area contributed by atoms with E-state index < -0.39 is 47.7 Å². The number of rotatable bonds is 8. The predicted molar refractivity (Wildman–Crippen MR) is 141 cm³/mol. The molecule has 0 amide bonds. The first-order chi connectivity index (χ1) is 18.1. The number of hydrogen-bond acceptors (Lipinski definition) is 11. The van der Waals surface area contributed by atoms with Crippen molar-refractivity contribution in [1.29, 1.82) is 0 Å². The Bertz CT molecular complexity index is 1300. The number of aromatic nitrogens is 3. The van der Waals surface area contributed by atoms with Gasteiger partial charge in [-0.3, -0.25) is 14.4 Å². The van der Waals surface area contributed by atoms with Gasteiger partial charge in [-0.15, -0.1) is 5.10 Å². The van der Waals surface area contributed by atoms with Crippen LogP contribution in [0.2, 0.25) is 10.0 Å². The van der Waals surface area contributed by atoms with Crippen LogP contribution in [0.25, 0.3) is 11.3 Å². The average molecular weight is 601 g/mol.